The SMILES string of the molecule is O=S(Cc1ncccn1)c1ncccc1Br. The molecule has 2 rings (SSSR count). The fraction of sp³-hybridized carbons (Fsp3) is 0.100. The summed E-state index contributed by atoms with van der Waals surface area (Å²) in [7, 11) is -1.23. The van der Waals surface area contributed by atoms with Crippen molar-refractivity contribution in [3.8, 4) is 0 Å². The molecule has 0 saturated heterocycles. The van der Waals surface area contributed by atoms with Crippen molar-refractivity contribution in [2.45, 2.75) is 10.8 Å². The Morgan fingerprint density at radius 2 is 1.81 bits per heavy atom. The molecule has 0 fully saturated rings. The summed E-state index contributed by atoms with van der Waals surface area (Å²) < 4.78 is 12.7. The highest BCUT2D eigenvalue weighted by Crippen LogP contribution is 2.18. The van der Waals surface area contributed by atoms with Crippen LogP contribution in [0.2, 0.25) is 0 Å². The van der Waals surface area contributed by atoms with Gasteiger partial charge in [-0.1, -0.05) is 0 Å². The maximum absolute atomic E-state index is 12.0. The number of rotatable bonds is 3. The number of halogens is 1. The van der Waals surface area contributed by atoms with Crippen molar-refractivity contribution in [2.24, 2.45) is 0 Å². The van der Waals surface area contributed by atoms with E-state index in [1.54, 1.807) is 30.7 Å². The number of nitrogens with zero attached hydrogens (tertiary/aromatic N) is 3. The van der Waals surface area contributed by atoms with Gasteiger partial charge in [0.25, 0.3) is 0 Å². The van der Waals surface area contributed by atoms with Crippen molar-refractivity contribution >= 4 is 26.7 Å². The van der Waals surface area contributed by atoms with Gasteiger partial charge in [0.1, 0.15) is 10.9 Å². The Kier molecular flexibility index (Phi) is 3.74. The monoisotopic (exact) mass is 297 g/mol. The standard InChI is InChI=1S/C10H8BrN3OS/c11-8-3-1-4-14-10(8)16(15)7-9-12-5-2-6-13-9/h1-6H,7H2. The van der Waals surface area contributed by atoms with Gasteiger partial charge in [0.2, 0.25) is 0 Å². The Balaban J connectivity index is 2.19. The van der Waals surface area contributed by atoms with E-state index < -0.39 is 10.8 Å². The summed E-state index contributed by atoms with van der Waals surface area (Å²) in [6.45, 7) is 0. The van der Waals surface area contributed by atoms with E-state index in [1.165, 1.54) is 0 Å². The van der Waals surface area contributed by atoms with Crippen LogP contribution >= 0.6 is 15.9 Å². The van der Waals surface area contributed by atoms with Crippen molar-refractivity contribution in [3.05, 3.63) is 47.1 Å². The second-order valence-electron chi connectivity index (χ2n) is 2.95. The molecule has 0 aromatic carbocycles. The molecule has 0 spiro atoms. The average molecular weight is 298 g/mol. The molecular formula is C10H8BrN3OS. The summed E-state index contributed by atoms with van der Waals surface area (Å²) in [6.07, 6.45) is 4.88. The van der Waals surface area contributed by atoms with Gasteiger partial charge in [0.05, 0.1) is 21.0 Å². The zero-order valence-corrected chi connectivity index (χ0v) is 10.6. The van der Waals surface area contributed by atoms with Gasteiger partial charge in [-0.05, 0) is 34.1 Å². The van der Waals surface area contributed by atoms with Gasteiger partial charge in [0.15, 0.2) is 0 Å². The zero-order valence-electron chi connectivity index (χ0n) is 8.21. The molecular weight excluding hydrogens is 290 g/mol. The lowest BCUT2D eigenvalue weighted by molar-refractivity contribution is 0.678. The van der Waals surface area contributed by atoms with Crippen LogP contribution in [0.25, 0.3) is 0 Å². The fourth-order valence-electron chi connectivity index (χ4n) is 1.13. The van der Waals surface area contributed by atoms with Gasteiger partial charge in [-0.2, -0.15) is 0 Å². The molecule has 2 aromatic heterocycles. The molecule has 0 N–H and O–H groups in total. The quantitative estimate of drug-likeness (QED) is 0.869. The lowest BCUT2D eigenvalue weighted by atomic mass is 10.5. The van der Waals surface area contributed by atoms with Crippen molar-refractivity contribution in [2.75, 3.05) is 0 Å². The normalized spacial score (nSPS) is 12.3. The Hall–Kier alpha value is -1.14. The first-order valence-electron chi connectivity index (χ1n) is 4.52. The van der Waals surface area contributed by atoms with Crippen molar-refractivity contribution in [3.63, 3.8) is 0 Å². The highest BCUT2D eigenvalue weighted by Gasteiger charge is 2.11. The van der Waals surface area contributed by atoms with E-state index in [9.17, 15) is 4.21 Å². The molecule has 0 aliphatic rings. The van der Waals surface area contributed by atoms with Crippen molar-refractivity contribution in [1.29, 1.82) is 0 Å². The Labute approximate surface area is 104 Å². The van der Waals surface area contributed by atoms with E-state index in [1.807, 2.05) is 6.07 Å². The Bertz CT molecular complexity index is 506. The van der Waals surface area contributed by atoms with E-state index in [0.29, 0.717) is 10.9 Å². The van der Waals surface area contributed by atoms with Gasteiger partial charge in [0, 0.05) is 18.6 Å². The van der Waals surface area contributed by atoms with Crippen LogP contribution in [0, 0.1) is 0 Å². The van der Waals surface area contributed by atoms with E-state index in [2.05, 4.69) is 30.9 Å². The number of pyridine rings is 1. The molecule has 0 aliphatic carbocycles. The molecule has 16 heavy (non-hydrogen) atoms. The first-order chi connectivity index (χ1) is 7.77. The molecule has 0 saturated carbocycles. The smallest absolute Gasteiger partial charge is 0.141 e. The van der Waals surface area contributed by atoms with E-state index in [4.69, 9.17) is 0 Å². The van der Waals surface area contributed by atoms with Gasteiger partial charge in [-0.3, -0.25) is 4.21 Å². The summed E-state index contributed by atoms with van der Waals surface area (Å²) >= 11 is 3.31. The second kappa shape index (κ2) is 5.27. The summed E-state index contributed by atoms with van der Waals surface area (Å²) in [5, 5.41) is 0.523. The molecule has 0 amide bonds. The maximum atomic E-state index is 12.0. The molecule has 1 unspecified atom stereocenters. The van der Waals surface area contributed by atoms with Crippen LogP contribution in [0.4, 0.5) is 0 Å². The topological polar surface area (TPSA) is 55.7 Å². The Morgan fingerprint density at radius 3 is 2.50 bits per heavy atom. The number of hydrogen-bond donors (Lipinski definition) is 0. The van der Waals surface area contributed by atoms with Crippen molar-refractivity contribution < 1.29 is 4.21 Å². The van der Waals surface area contributed by atoms with E-state index >= 15 is 0 Å². The maximum Gasteiger partial charge on any atom is 0.141 e. The summed E-state index contributed by atoms with van der Waals surface area (Å²) in [6, 6.07) is 5.32. The van der Waals surface area contributed by atoms with Crippen LogP contribution in [-0.2, 0) is 16.6 Å². The van der Waals surface area contributed by atoms with Gasteiger partial charge in [-0.15, -0.1) is 0 Å². The molecule has 0 radical (unpaired) electrons. The second-order valence-corrected chi connectivity index (χ2v) is 5.17. The van der Waals surface area contributed by atoms with Crippen LogP contribution in [0.5, 0.6) is 0 Å². The molecule has 82 valence electrons. The minimum absolute atomic E-state index is 0.274. The third-order valence-electron chi connectivity index (χ3n) is 1.82. The van der Waals surface area contributed by atoms with Crippen LogP contribution in [0.3, 0.4) is 0 Å². The largest absolute Gasteiger partial charge is 0.252 e. The molecule has 1 atom stereocenters. The summed E-state index contributed by atoms with van der Waals surface area (Å²) in [5.41, 5.74) is 0. The van der Waals surface area contributed by atoms with Crippen LogP contribution in [-0.4, -0.2) is 19.2 Å². The third kappa shape index (κ3) is 2.70. The average Bonchev–Trinajstić information content (AvgIpc) is 2.31. The number of hydrogen-bond acceptors (Lipinski definition) is 4. The fourth-order valence-corrected chi connectivity index (χ4v) is 2.91. The predicted molar refractivity (Wildman–Crippen MR) is 64.1 cm³/mol. The molecule has 6 heteroatoms. The summed E-state index contributed by atoms with van der Waals surface area (Å²) in [4.78, 5) is 12.1. The number of aromatic nitrogens is 3. The van der Waals surface area contributed by atoms with Crippen LogP contribution < -0.4 is 0 Å². The molecule has 2 aromatic rings. The highest BCUT2D eigenvalue weighted by atomic mass is 79.9. The predicted octanol–water partition coefficient (Wildman–Crippen LogP) is 1.94. The van der Waals surface area contributed by atoms with Gasteiger partial charge < -0.3 is 0 Å². The minimum Gasteiger partial charge on any atom is -0.252 e. The first-order valence-corrected chi connectivity index (χ1v) is 6.63. The molecule has 4 nitrogen and oxygen atoms in total. The summed E-state index contributed by atoms with van der Waals surface area (Å²) in [5.74, 6) is 0.828. The van der Waals surface area contributed by atoms with Crippen LogP contribution in [0.1, 0.15) is 5.82 Å². The third-order valence-corrected chi connectivity index (χ3v) is 4.00. The minimum atomic E-state index is -1.23. The van der Waals surface area contributed by atoms with E-state index in [0.717, 1.165) is 4.47 Å². The van der Waals surface area contributed by atoms with E-state index in [-0.39, 0.29) is 5.75 Å². The molecule has 0 bridgehead atoms. The lowest BCUT2D eigenvalue weighted by Crippen LogP contribution is -2.03. The highest BCUT2D eigenvalue weighted by molar-refractivity contribution is 9.10. The molecule has 0 aliphatic heterocycles. The zero-order chi connectivity index (χ0) is 11.4. The Morgan fingerprint density at radius 1 is 1.12 bits per heavy atom. The van der Waals surface area contributed by atoms with Crippen molar-refractivity contribution in [1.82, 2.24) is 15.0 Å². The van der Waals surface area contributed by atoms with Crippen LogP contribution in [0.15, 0.2) is 46.3 Å². The van der Waals surface area contributed by atoms with Gasteiger partial charge >= 0.3 is 0 Å². The molecule has 2 heterocycles. The first kappa shape index (κ1) is 11.3. The van der Waals surface area contributed by atoms with Gasteiger partial charge in [-0.25, -0.2) is 15.0 Å². The lowest BCUT2D eigenvalue weighted by Gasteiger charge is -2.02.